The first kappa shape index (κ1) is 6.96. The van der Waals surface area contributed by atoms with Crippen LogP contribution in [0.25, 0.3) is 0 Å². The van der Waals surface area contributed by atoms with Gasteiger partial charge in [-0.05, 0) is 5.38 Å². The highest BCUT2D eigenvalue weighted by Crippen LogP contribution is 2.23. The predicted molar refractivity (Wildman–Crippen MR) is 43.6 cm³/mol. The Kier molecular flexibility index (Phi) is 2.42. The standard InChI is InChI=1S/C6H8OS2/c1-7-6-4-9-3-5(6)2-8/h3-4,8H,2H2,1H3. The van der Waals surface area contributed by atoms with Crippen LogP contribution in [-0.2, 0) is 5.75 Å². The molecule has 0 N–H and O–H groups in total. The fourth-order valence-electron chi connectivity index (χ4n) is 0.606. The smallest absolute Gasteiger partial charge is 0.133 e. The van der Waals surface area contributed by atoms with Crippen LogP contribution in [0.3, 0.4) is 0 Å². The van der Waals surface area contributed by atoms with Crippen LogP contribution in [0.15, 0.2) is 10.8 Å². The third kappa shape index (κ3) is 1.40. The van der Waals surface area contributed by atoms with Crippen molar-refractivity contribution in [3.8, 4) is 5.75 Å². The van der Waals surface area contributed by atoms with Gasteiger partial charge in [0.15, 0.2) is 0 Å². The normalized spacial score (nSPS) is 9.56. The fraction of sp³-hybridized carbons (Fsp3) is 0.333. The first-order valence-electron chi connectivity index (χ1n) is 2.58. The second kappa shape index (κ2) is 3.13. The van der Waals surface area contributed by atoms with Crippen LogP contribution in [0.1, 0.15) is 5.56 Å². The van der Waals surface area contributed by atoms with Crippen LogP contribution in [-0.4, -0.2) is 7.11 Å². The summed E-state index contributed by atoms with van der Waals surface area (Å²) in [5.41, 5.74) is 1.17. The molecular weight excluding hydrogens is 152 g/mol. The summed E-state index contributed by atoms with van der Waals surface area (Å²) < 4.78 is 5.04. The van der Waals surface area contributed by atoms with Crippen molar-refractivity contribution in [2.45, 2.75) is 5.75 Å². The second-order valence-electron chi connectivity index (χ2n) is 1.62. The van der Waals surface area contributed by atoms with E-state index in [9.17, 15) is 0 Å². The number of thiol groups is 1. The first-order valence-corrected chi connectivity index (χ1v) is 4.16. The molecule has 1 aromatic rings. The molecule has 0 aliphatic rings. The van der Waals surface area contributed by atoms with Gasteiger partial charge < -0.3 is 4.74 Å². The summed E-state index contributed by atoms with van der Waals surface area (Å²) in [6.07, 6.45) is 0. The number of ether oxygens (including phenoxy) is 1. The Labute approximate surface area is 64.1 Å². The summed E-state index contributed by atoms with van der Waals surface area (Å²) in [5, 5.41) is 4.03. The molecule has 1 heterocycles. The SMILES string of the molecule is COc1cscc1CS. The number of hydrogen-bond acceptors (Lipinski definition) is 3. The van der Waals surface area contributed by atoms with Gasteiger partial charge in [0.05, 0.1) is 7.11 Å². The van der Waals surface area contributed by atoms with Crippen molar-refractivity contribution in [2.75, 3.05) is 7.11 Å². The lowest BCUT2D eigenvalue weighted by molar-refractivity contribution is 0.413. The van der Waals surface area contributed by atoms with Crippen LogP contribution in [0.5, 0.6) is 5.75 Å². The van der Waals surface area contributed by atoms with Gasteiger partial charge in [0.2, 0.25) is 0 Å². The molecule has 0 atom stereocenters. The van der Waals surface area contributed by atoms with E-state index in [4.69, 9.17) is 4.74 Å². The molecule has 1 rings (SSSR count). The highest BCUT2D eigenvalue weighted by Gasteiger charge is 1.98. The maximum absolute atomic E-state index is 5.04. The molecule has 0 saturated carbocycles. The first-order chi connectivity index (χ1) is 4.38. The van der Waals surface area contributed by atoms with Crippen molar-refractivity contribution in [1.29, 1.82) is 0 Å². The van der Waals surface area contributed by atoms with E-state index in [1.54, 1.807) is 18.4 Å². The van der Waals surface area contributed by atoms with Crippen LogP contribution in [0.2, 0.25) is 0 Å². The molecule has 1 aromatic heterocycles. The van der Waals surface area contributed by atoms with Gasteiger partial charge in [-0.1, -0.05) is 0 Å². The zero-order valence-electron chi connectivity index (χ0n) is 5.13. The molecule has 0 radical (unpaired) electrons. The molecule has 0 aliphatic carbocycles. The molecule has 0 aliphatic heterocycles. The van der Waals surface area contributed by atoms with E-state index in [-0.39, 0.29) is 0 Å². The molecule has 0 fully saturated rings. The summed E-state index contributed by atoms with van der Waals surface area (Å²) in [4.78, 5) is 0. The zero-order valence-corrected chi connectivity index (χ0v) is 6.84. The Morgan fingerprint density at radius 2 is 2.44 bits per heavy atom. The molecule has 9 heavy (non-hydrogen) atoms. The van der Waals surface area contributed by atoms with Crippen molar-refractivity contribution in [3.63, 3.8) is 0 Å². The number of rotatable bonds is 2. The van der Waals surface area contributed by atoms with Gasteiger partial charge in [0.25, 0.3) is 0 Å². The molecule has 0 aromatic carbocycles. The van der Waals surface area contributed by atoms with Crippen molar-refractivity contribution >= 4 is 24.0 Å². The molecule has 50 valence electrons. The van der Waals surface area contributed by atoms with E-state index >= 15 is 0 Å². The van der Waals surface area contributed by atoms with E-state index in [2.05, 4.69) is 12.6 Å². The number of hydrogen-bond donors (Lipinski definition) is 1. The summed E-state index contributed by atoms with van der Waals surface area (Å²) in [6.45, 7) is 0. The summed E-state index contributed by atoms with van der Waals surface area (Å²) in [7, 11) is 1.68. The lowest BCUT2D eigenvalue weighted by Gasteiger charge is -1.96. The van der Waals surface area contributed by atoms with Gasteiger partial charge in [-0.15, -0.1) is 11.3 Å². The predicted octanol–water partition coefficient (Wildman–Crippen LogP) is 2.19. The van der Waals surface area contributed by atoms with Gasteiger partial charge in [-0.3, -0.25) is 0 Å². The molecule has 3 heteroatoms. The van der Waals surface area contributed by atoms with Crippen molar-refractivity contribution in [3.05, 3.63) is 16.3 Å². The van der Waals surface area contributed by atoms with Crippen molar-refractivity contribution in [2.24, 2.45) is 0 Å². The van der Waals surface area contributed by atoms with Crippen molar-refractivity contribution in [1.82, 2.24) is 0 Å². The van der Waals surface area contributed by atoms with E-state index < -0.39 is 0 Å². The number of methoxy groups -OCH3 is 1. The average molecular weight is 160 g/mol. The minimum atomic E-state index is 0.757. The third-order valence-electron chi connectivity index (χ3n) is 1.09. The fourth-order valence-corrected chi connectivity index (χ4v) is 1.78. The monoisotopic (exact) mass is 160 g/mol. The lowest BCUT2D eigenvalue weighted by Crippen LogP contribution is -1.82. The van der Waals surface area contributed by atoms with E-state index in [0.717, 1.165) is 11.5 Å². The van der Waals surface area contributed by atoms with Crippen LogP contribution >= 0.6 is 24.0 Å². The van der Waals surface area contributed by atoms with E-state index in [1.807, 2.05) is 10.8 Å². The maximum atomic E-state index is 5.04. The zero-order chi connectivity index (χ0) is 6.69. The van der Waals surface area contributed by atoms with Crippen LogP contribution in [0, 0.1) is 0 Å². The van der Waals surface area contributed by atoms with Crippen LogP contribution in [0.4, 0.5) is 0 Å². The summed E-state index contributed by atoms with van der Waals surface area (Å²) in [6, 6.07) is 0. The second-order valence-corrected chi connectivity index (χ2v) is 2.68. The lowest BCUT2D eigenvalue weighted by atomic mass is 10.4. The molecule has 0 amide bonds. The Balaban J connectivity index is 2.85. The molecule has 0 spiro atoms. The van der Waals surface area contributed by atoms with Crippen LogP contribution < -0.4 is 4.74 Å². The van der Waals surface area contributed by atoms with E-state index in [1.165, 1.54) is 5.56 Å². The molecule has 0 bridgehead atoms. The Morgan fingerprint density at radius 3 is 2.89 bits per heavy atom. The van der Waals surface area contributed by atoms with Gasteiger partial charge in [0, 0.05) is 16.7 Å². The van der Waals surface area contributed by atoms with Gasteiger partial charge in [-0.25, -0.2) is 0 Å². The number of thiophene rings is 1. The maximum Gasteiger partial charge on any atom is 0.133 e. The van der Waals surface area contributed by atoms with Gasteiger partial charge in [-0.2, -0.15) is 12.6 Å². The van der Waals surface area contributed by atoms with Gasteiger partial charge in [0.1, 0.15) is 5.75 Å². The minimum Gasteiger partial charge on any atom is -0.496 e. The minimum absolute atomic E-state index is 0.757. The largest absolute Gasteiger partial charge is 0.496 e. The molecule has 1 nitrogen and oxygen atoms in total. The summed E-state index contributed by atoms with van der Waals surface area (Å²) in [5.74, 6) is 1.71. The van der Waals surface area contributed by atoms with Crippen molar-refractivity contribution < 1.29 is 4.74 Å². The van der Waals surface area contributed by atoms with Gasteiger partial charge >= 0.3 is 0 Å². The Bertz CT molecular complexity index is 164. The molecule has 0 saturated heterocycles. The highest BCUT2D eigenvalue weighted by atomic mass is 32.1. The Hall–Kier alpha value is -0.150. The highest BCUT2D eigenvalue weighted by molar-refractivity contribution is 7.79. The third-order valence-corrected chi connectivity index (χ3v) is 2.20. The summed E-state index contributed by atoms with van der Waals surface area (Å²) >= 11 is 5.77. The molecule has 0 unspecified atom stereocenters. The topological polar surface area (TPSA) is 9.23 Å². The quantitative estimate of drug-likeness (QED) is 0.652. The Morgan fingerprint density at radius 1 is 1.67 bits per heavy atom. The van der Waals surface area contributed by atoms with E-state index in [0.29, 0.717) is 0 Å². The molecular formula is C6H8OS2. The average Bonchev–Trinajstić information content (AvgIpc) is 2.33.